The lowest BCUT2D eigenvalue weighted by atomic mass is 9.98. The first kappa shape index (κ1) is 26.0. The fourth-order valence-corrected chi connectivity index (χ4v) is 7.35. The number of rotatable bonds is 6. The molecule has 2 nitrogen and oxygen atoms in total. The molecule has 10 aromatic rings. The van der Waals surface area contributed by atoms with Gasteiger partial charge in [0.2, 0.25) is 0 Å². The Balaban J connectivity index is 1.22. The summed E-state index contributed by atoms with van der Waals surface area (Å²) in [6.07, 6.45) is 0. The SMILES string of the molecule is [2H]c1c([2H])c(N(c2cccc(-c3ccc4ccccc4c3)c2)c2cccc3oc4c5ccccc5ccc4c23)c([2H])c([2H])c1-c1cccc(-c2ccccc2)c1. The summed E-state index contributed by atoms with van der Waals surface area (Å²) in [6, 6.07) is 58.0. The van der Waals surface area contributed by atoms with E-state index in [-0.39, 0.29) is 35.4 Å². The molecule has 0 unspecified atom stereocenters. The Kier molecular flexibility index (Phi) is 6.22. The zero-order chi connectivity index (χ0) is 37.9. The Bertz CT molecular complexity index is 3120. The zero-order valence-electron chi connectivity index (χ0n) is 32.1. The van der Waals surface area contributed by atoms with Crippen molar-refractivity contribution in [2.75, 3.05) is 4.90 Å². The largest absolute Gasteiger partial charge is 0.455 e. The second-order valence-electron chi connectivity index (χ2n) is 13.0. The van der Waals surface area contributed by atoms with Gasteiger partial charge >= 0.3 is 0 Å². The van der Waals surface area contributed by atoms with Gasteiger partial charge in [0.1, 0.15) is 11.2 Å². The van der Waals surface area contributed by atoms with Gasteiger partial charge in [-0.3, -0.25) is 0 Å². The number of furan rings is 1. The summed E-state index contributed by atoms with van der Waals surface area (Å²) in [7, 11) is 0. The van der Waals surface area contributed by atoms with E-state index in [9.17, 15) is 5.48 Å². The third kappa shape index (κ3) is 5.21. The van der Waals surface area contributed by atoms with E-state index in [0.717, 1.165) is 60.2 Å². The molecule has 0 amide bonds. The van der Waals surface area contributed by atoms with Gasteiger partial charge in [0.25, 0.3) is 0 Å². The predicted molar refractivity (Wildman–Crippen MR) is 220 cm³/mol. The monoisotopic (exact) mass is 667 g/mol. The minimum absolute atomic E-state index is 0.114. The smallest absolute Gasteiger partial charge is 0.143 e. The van der Waals surface area contributed by atoms with Crippen molar-refractivity contribution in [2.24, 2.45) is 0 Å². The van der Waals surface area contributed by atoms with E-state index >= 15 is 0 Å². The average molecular weight is 668 g/mol. The molecule has 0 fully saturated rings. The van der Waals surface area contributed by atoms with E-state index in [2.05, 4.69) is 66.7 Å². The summed E-state index contributed by atoms with van der Waals surface area (Å²) in [4.78, 5) is 1.88. The molecule has 244 valence electrons. The van der Waals surface area contributed by atoms with Crippen LogP contribution in [-0.4, -0.2) is 0 Å². The standard InChI is InChI=1S/C50H33NO/c1-2-11-34(12-3-1)39-16-8-17-40(31-39)36-25-28-43(29-26-36)51(44-19-9-18-41(33-44)42-24-23-35-13-4-5-15-38(35)32-42)47-21-10-22-48-49(47)46-30-27-37-14-6-7-20-45(37)50(46)52-48/h1-33H/i25D,26D,28D,29D. The van der Waals surface area contributed by atoms with Crippen LogP contribution in [0.2, 0.25) is 0 Å². The highest BCUT2D eigenvalue weighted by atomic mass is 16.3. The number of benzene rings is 9. The van der Waals surface area contributed by atoms with Crippen molar-refractivity contribution in [3.05, 3.63) is 200 Å². The normalized spacial score (nSPS) is 12.5. The summed E-state index contributed by atoms with van der Waals surface area (Å²) in [5.41, 5.74) is 7.74. The molecule has 0 atom stereocenters. The van der Waals surface area contributed by atoms with Gasteiger partial charge in [-0.1, -0.05) is 146 Å². The van der Waals surface area contributed by atoms with E-state index in [1.165, 1.54) is 0 Å². The highest BCUT2D eigenvalue weighted by Gasteiger charge is 2.21. The summed E-state index contributed by atoms with van der Waals surface area (Å²) >= 11 is 0. The van der Waals surface area contributed by atoms with Gasteiger partial charge in [-0.2, -0.15) is 0 Å². The molecule has 0 aliphatic rings. The van der Waals surface area contributed by atoms with Crippen molar-refractivity contribution in [1.29, 1.82) is 0 Å². The van der Waals surface area contributed by atoms with Gasteiger partial charge in [-0.05, 0) is 104 Å². The van der Waals surface area contributed by atoms with Gasteiger partial charge in [-0.15, -0.1) is 0 Å². The summed E-state index contributed by atoms with van der Waals surface area (Å²) in [5, 5.41) is 6.05. The van der Waals surface area contributed by atoms with Crippen LogP contribution in [0.25, 0.3) is 76.9 Å². The second-order valence-corrected chi connectivity index (χ2v) is 13.0. The van der Waals surface area contributed by atoms with E-state index in [1.807, 2.05) is 114 Å². The third-order valence-corrected chi connectivity index (χ3v) is 9.89. The molecule has 0 aliphatic heterocycles. The van der Waals surface area contributed by atoms with Gasteiger partial charge in [0.05, 0.1) is 16.6 Å². The highest BCUT2D eigenvalue weighted by Crippen LogP contribution is 2.45. The van der Waals surface area contributed by atoms with Crippen LogP contribution in [0.3, 0.4) is 0 Å². The molecular formula is C50H33NO. The van der Waals surface area contributed by atoms with Crippen LogP contribution in [0.1, 0.15) is 5.48 Å². The highest BCUT2D eigenvalue weighted by molar-refractivity contribution is 6.19. The number of hydrogen-bond acceptors (Lipinski definition) is 2. The lowest BCUT2D eigenvalue weighted by Gasteiger charge is -2.27. The van der Waals surface area contributed by atoms with Crippen molar-refractivity contribution >= 4 is 60.5 Å². The maximum absolute atomic E-state index is 9.66. The molecule has 10 rings (SSSR count). The molecular weight excluding hydrogens is 631 g/mol. The van der Waals surface area contributed by atoms with E-state index in [1.54, 1.807) is 0 Å². The average Bonchev–Trinajstić information content (AvgIpc) is 3.65. The molecule has 0 spiro atoms. The van der Waals surface area contributed by atoms with Crippen LogP contribution >= 0.6 is 0 Å². The third-order valence-electron chi connectivity index (χ3n) is 9.89. The maximum Gasteiger partial charge on any atom is 0.143 e. The van der Waals surface area contributed by atoms with Gasteiger partial charge < -0.3 is 9.32 Å². The Morgan fingerprint density at radius 1 is 0.385 bits per heavy atom. The molecule has 0 N–H and O–H groups in total. The topological polar surface area (TPSA) is 16.4 Å². The quantitative estimate of drug-likeness (QED) is 0.175. The summed E-state index contributed by atoms with van der Waals surface area (Å²) in [6.45, 7) is 0. The van der Waals surface area contributed by atoms with Crippen LogP contribution < -0.4 is 4.90 Å². The molecule has 1 heterocycles. The molecule has 52 heavy (non-hydrogen) atoms. The first-order valence-electron chi connectivity index (χ1n) is 19.4. The number of anilines is 3. The Labute approximate surface area is 308 Å². The van der Waals surface area contributed by atoms with Gasteiger partial charge in [0, 0.05) is 22.1 Å². The number of fused-ring (bicyclic) bond motifs is 6. The van der Waals surface area contributed by atoms with Crippen molar-refractivity contribution < 1.29 is 9.90 Å². The number of nitrogens with zero attached hydrogens (tertiary/aromatic N) is 1. The van der Waals surface area contributed by atoms with Crippen LogP contribution in [0.4, 0.5) is 17.1 Å². The molecule has 1 aromatic heterocycles. The van der Waals surface area contributed by atoms with Crippen LogP contribution in [-0.2, 0) is 0 Å². The maximum atomic E-state index is 9.66. The van der Waals surface area contributed by atoms with Gasteiger partial charge in [0.15, 0.2) is 0 Å². The first-order valence-corrected chi connectivity index (χ1v) is 17.4. The minimum atomic E-state index is -0.141. The minimum Gasteiger partial charge on any atom is -0.455 e. The second kappa shape index (κ2) is 12.5. The first-order chi connectivity index (χ1) is 27.4. The van der Waals surface area contributed by atoms with E-state index in [4.69, 9.17) is 4.42 Å². The Morgan fingerprint density at radius 2 is 1.02 bits per heavy atom. The van der Waals surface area contributed by atoms with E-state index < -0.39 is 0 Å². The fraction of sp³-hybridized carbons (Fsp3) is 0. The molecule has 9 aromatic carbocycles. The fourth-order valence-electron chi connectivity index (χ4n) is 7.35. The summed E-state index contributed by atoms with van der Waals surface area (Å²) < 4.78 is 44.9. The van der Waals surface area contributed by atoms with Crippen LogP contribution in [0.5, 0.6) is 0 Å². The molecule has 0 radical (unpaired) electrons. The molecule has 2 heteroatoms. The number of hydrogen-bond donors (Lipinski definition) is 0. The lowest BCUT2D eigenvalue weighted by molar-refractivity contribution is 0.672. The molecule has 0 saturated heterocycles. The molecule has 0 bridgehead atoms. The van der Waals surface area contributed by atoms with Crippen molar-refractivity contribution in [1.82, 2.24) is 0 Å². The molecule has 0 saturated carbocycles. The van der Waals surface area contributed by atoms with Crippen LogP contribution in [0, 0.1) is 0 Å². The lowest BCUT2D eigenvalue weighted by Crippen LogP contribution is -2.10. The van der Waals surface area contributed by atoms with Crippen molar-refractivity contribution in [2.45, 2.75) is 0 Å². The summed E-state index contributed by atoms with van der Waals surface area (Å²) in [5.74, 6) is 0. The van der Waals surface area contributed by atoms with E-state index in [0.29, 0.717) is 22.5 Å². The predicted octanol–water partition coefficient (Wildman–Crippen LogP) is 14.4. The van der Waals surface area contributed by atoms with Gasteiger partial charge in [-0.25, -0.2) is 0 Å². The van der Waals surface area contributed by atoms with Crippen molar-refractivity contribution in [3.8, 4) is 33.4 Å². The Hall–Kier alpha value is -6.90. The van der Waals surface area contributed by atoms with Crippen molar-refractivity contribution in [3.63, 3.8) is 0 Å². The zero-order valence-corrected chi connectivity index (χ0v) is 28.1. The molecule has 0 aliphatic carbocycles. The van der Waals surface area contributed by atoms with Crippen LogP contribution in [0.15, 0.2) is 205 Å². The Morgan fingerprint density at radius 3 is 1.87 bits per heavy atom.